The molecule has 0 atom stereocenters. The topological polar surface area (TPSA) is 104 Å². The average molecular weight is 442 g/mol. The molecule has 0 heterocycles. The molecule has 0 bridgehead atoms. The molecule has 10 heteroatoms. The molecule has 3 N–H and O–H groups in total. The Balaban J connectivity index is 1.84. The molecule has 2 aromatic rings. The van der Waals surface area contributed by atoms with Crippen LogP contribution in [0, 0.1) is 11.7 Å². The molecule has 2 amide bonds. The maximum atomic E-state index is 13.2. The summed E-state index contributed by atoms with van der Waals surface area (Å²) in [6.45, 7) is 3.52. The second kappa shape index (κ2) is 9.82. The Morgan fingerprint density at radius 3 is 2.31 bits per heavy atom. The summed E-state index contributed by atoms with van der Waals surface area (Å²) in [6, 6.07) is 9.39. The van der Waals surface area contributed by atoms with Gasteiger partial charge in [0, 0.05) is 30.3 Å². The van der Waals surface area contributed by atoms with Gasteiger partial charge in [0.15, 0.2) is 0 Å². The van der Waals surface area contributed by atoms with Crippen LogP contribution in [0.4, 0.5) is 10.1 Å². The minimum Gasteiger partial charge on any atom is -0.351 e. The van der Waals surface area contributed by atoms with Crippen molar-refractivity contribution in [2.24, 2.45) is 5.92 Å². The van der Waals surface area contributed by atoms with Crippen molar-refractivity contribution in [2.45, 2.75) is 18.7 Å². The molecule has 2 aromatic carbocycles. The summed E-state index contributed by atoms with van der Waals surface area (Å²) in [5.74, 6) is -1.40. The van der Waals surface area contributed by atoms with Gasteiger partial charge in [0.2, 0.25) is 15.9 Å². The minimum absolute atomic E-state index is 0.0405. The molecule has 0 saturated heterocycles. The second-order valence-corrected chi connectivity index (χ2v) is 8.63. The molecule has 0 saturated carbocycles. The van der Waals surface area contributed by atoms with Crippen LogP contribution in [-0.2, 0) is 14.8 Å². The van der Waals surface area contributed by atoms with Gasteiger partial charge >= 0.3 is 0 Å². The first kappa shape index (κ1) is 22.8. The smallest absolute Gasteiger partial charge is 0.251 e. The Labute approximate surface area is 173 Å². The van der Waals surface area contributed by atoms with E-state index in [1.165, 1.54) is 0 Å². The monoisotopic (exact) mass is 441 g/mol. The molecule has 0 aliphatic carbocycles. The van der Waals surface area contributed by atoms with Crippen LogP contribution in [-0.4, -0.2) is 33.3 Å². The van der Waals surface area contributed by atoms with Crippen molar-refractivity contribution in [2.75, 3.05) is 18.4 Å². The van der Waals surface area contributed by atoms with Crippen molar-refractivity contribution in [3.63, 3.8) is 0 Å². The number of anilines is 1. The number of hydrogen-bond donors (Lipinski definition) is 3. The molecule has 0 radical (unpaired) electrons. The molecule has 29 heavy (non-hydrogen) atoms. The largest absolute Gasteiger partial charge is 0.351 e. The van der Waals surface area contributed by atoms with E-state index in [-0.39, 0.29) is 34.8 Å². The Bertz CT molecular complexity index is 995. The van der Waals surface area contributed by atoms with E-state index in [0.29, 0.717) is 11.3 Å². The first-order valence-corrected chi connectivity index (χ1v) is 10.6. The zero-order chi connectivity index (χ0) is 21.6. The lowest BCUT2D eigenvalue weighted by Crippen LogP contribution is -2.34. The van der Waals surface area contributed by atoms with Crippen LogP contribution in [0.1, 0.15) is 24.2 Å². The van der Waals surface area contributed by atoms with Gasteiger partial charge in [-0.05, 0) is 42.5 Å². The van der Waals surface area contributed by atoms with Gasteiger partial charge in [0.25, 0.3) is 5.91 Å². The zero-order valence-corrected chi connectivity index (χ0v) is 17.4. The third-order valence-corrected chi connectivity index (χ3v) is 5.59. The van der Waals surface area contributed by atoms with Crippen molar-refractivity contribution in [1.82, 2.24) is 10.0 Å². The van der Waals surface area contributed by atoms with Crippen LogP contribution >= 0.6 is 11.6 Å². The molecule has 0 aliphatic rings. The number of hydrogen-bond acceptors (Lipinski definition) is 4. The van der Waals surface area contributed by atoms with Crippen LogP contribution in [0.5, 0.6) is 0 Å². The fraction of sp³-hybridized carbons (Fsp3) is 0.263. The molecule has 2 rings (SSSR count). The quantitative estimate of drug-likeness (QED) is 0.548. The third-order valence-electron chi connectivity index (χ3n) is 3.84. The number of benzene rings is 2. The highest BCUT2D eigenvalue weighted by Gasteiger charge is 2.15. The normalized spacial score (nSPS) is 11.3. The first-order valence-electron chi connectivity index (χ1n) is 8.74. The van der Waals surface area contributed by atoms with E-state index in [9.17, 15) is 22.4 Å². The molecule has 0 fully saturated rings. The van der Waals surface area contributed by atoms with E-state index in [4.69, 9.17) is 11.6 Å². The van der Waals surface area contributed by atoms with E-state index in [0.717, 1.165) is 18.2 Å². The molecule has 7 nitrogen and oxygen atoms in total. The van der Waals surface area contributed by atoms with Crippen molar-refractivity contribution in [3.8, 4) is 0 Å². The summed E-state index contributed by atoms with van der Waals surface area (Å²) >= 11 is 5.60. The number of rotatable bonds is 8. The lowest BCUT2D eigenvalue weighted by Gasteiger charge is -2.10. The fourth-order valence-electron chi connectivity index (χ4n) is 2.18. The lowest BCUT2D eigenvalue weighted by molar-refractivity contribution is -0.118. The predicted octanol–water partition coefficient (Wildman–Crippen LogP) is 2.78. The zero-order valence-electron chi connectivity index (χ0n) is 15.8. The van der Waals surface area contributed by atoms with Crippen LogP contribution in [0.3, 0.4) is 0 Å². The maximum absolute atomic E-state index is 13.2. The lowest BCUT2D eigenvalue weighted by atomic mass is 10.1. The van der Waals surface area contributed by atoms with Crippen LogP contribution in [0.15, 0.2) is 47.4 Å². The standard InChI is InChI=1S/C19H21ClFN3O4S/c1-12(2)18(25)24-14-5-3-13(4-6-14)19(26)22-9-10-23-29(27,28)15-7-8-17(21)16(20)11-15/h3-8,11-12,23H,9-10H2,1-2H3,(H,22,26)(H,24,25). The van der Waals surface area contributed by atoms with Crippen LogP contribution in [0.2, 0.25) is 5.02 Å². The summed E-state index contributed by atoms with van der Waals surface area (Å²) < 4.78 is 39.7. The Morgan fingerprint density at radius 2 is 1.72 bits per heavy atom. The number of halogens is 2. The van der Waals surface area contributed by atoms with Gasteiger partial charge in [-0.3, -0.25) is 9.59 Å². The average Bonchev–Trinajstić information content (AvgIpc) is 2.67. The number of nitrogens with one attached hydrogen (secondary N) is 3. The number of sulfonamides is 1. The molecular weight excluding hydrogens is 421 g/mol. The van der Waals surface area contributed by atoms with Crippen molar-refractivity contribution in [1.29, 1.82) is 0 Å². The summed E-state index contributed by atoms with van der Waals surface area (Å²) in [6.07, 6.45) is 0. The highest BCUT2D eigenvalue weighted by Crippen LogP contribution is 2.19. The number of amides is 2. The first-order chi connectivity index (χ1) is 13.6. The fourth-order valence-corrected chi connectivity index (χ4v) is 3.49. The molecule has 0 unspecified atom stereocenters. The third kappa shape index (κ3) is 6.52. The summed E-state index contributed by atoms with van der Waals surface area (Å²) in [5, 5.41) is 5.00. The number of carbonyl (C=O) groups is 2. The number of carbonyl (C=O) groups excluding carboxylic acids is 2. The van der Waals surface area contributed by atoms with Gasteiger partial charge in [0.05, 0.1) is 9.92 Å². The van der Waals surface area contributed by atoms with E-state index in [2.05, 4.69) is 15.4 Å². The Kier molecular flexibility index (Phi) is 7.72. The van der Waals surface area contributed by atoms with E-state index >= 15 is 0 Å². The van der Waals surface area contributed by atoms with Gasteiger partial charge < -0.3 is 10.6 Å². The molecule has 0 spiro atoms. The Hall–Kier alpha value is -2.49. The van der Waals surface area contributed by atoms with Crippen molar-refractivity contribution < 1.29 is 22.4 Å². The molecular formula is C19H21ClFN3O4S. The summed E-state index contributed by atoms with van der Waals surface area (Å²) in [4.78, 5) is 23.6. The summed E-state index contributed by atoms with van der Waals surface area (Å²) in [7, 11) is -3.88. The summed E-state index contributed by atoms with van der Waals surface area (Å²) in [5.41, 5.74) is 0.937. The van der Waals surface area contributed by atoms with Gasteiger partial charge in [-0.25, -0.2) is 17.5 Å². The van der Waals surface area contributed by atoms with Gasteiger partial charge in [-0.2, -0.15) is 0 Å². The minimum atomic E-state index is -3.88. The van der Waals surface area contributed by atoms with Crippen molar-refractivity contribution >= 4 is 39.1 Å². The predicted molar refractivity (Wildman–Crippen MR) is 109 cm³/mol. The highest BCUT2D eigenvalue weighted by molar-refractivity contribution is 7.89. The van der Waals surface area contributed by atoms with Gasteiger partial charge in [-0.15, -0.1) is 0 Å². The van der Waals surface area contributed by atoms with Crippen molar-refractivity contribution in [3.05, 3.63) is 58.9 Å². The molecule has 156 valence electrons. The molecule has 0 aromatic heterocycles. The van der Waals surface area contributed by atoms with Gasteiger partial charge in [0.1, 0.15) is 5.82 Å². The maximum Gasteiger partial charge on any atom is 0.251 e. The SMILES string of the molecule is CC(C)C(=O)Nc1ccc(C(=O)NCCNS(=O)(=O)c2ccc(F)c(Cl)c2)cc1. The van der Waals surface area contributed by atoms with Gasteiger partial charge in [-0.1, -0.05) is 25.4 Å². The second-order valence-electron chi connectivity index (χ2n) is 6.45. The Morgan fingerprint density at radius 1 is 1.07 bits per heavy atom. The van der Waals surface area contributed by atoms with Crippen LogP contribution < -0.4 is 15.4 Å². The highest BCUT2D eigenvalue weighted by atomic mass is 35.5. The van der Waals surface area contributed by atoms with Crippen LogP contribution in [0.25, 0.3) is 0 Å². The van der Waals surface area contributed by atoms with E-state index in [1.807, 2.05) is 0 Å². The van der Waals surface area contributed by atoms with E-state index in [1.54, 1.807) is 38.1 Å². The van der Waals surface area contributed by atoms with E-state index < -0.39 is 21.7 Å². The molecule has 0 aliphatic heterocycles.